The summed E-state index contributed by atoms with van der Waals surface area (Å²) in [5.74, 6) is 0.0619. The fourth-order valence-electron chi connectivity index (χ4n) is 1.27. The Hall–Kier alpha value is -1.09. The minimum absolute atomic E-state index is 0.0619. The fourth-order valence-corrected chi connectivity index (χ4v) is 1.27. The topological polar surface area (TPSA) is 32.3 Å². The zero-order chi connectivity index (χ0) is 9.84. The molecule has 0 saturated carbocycles. The summed E-state index contributed by atoms with van der Waals surface area (Å²) in [6.07, 6.45) is -1.13. The van der Waals surface area contributed by atoms with Crippen molar-refractivity contribution in [3.63, 3.8) is 0 Å². The van der Waals surface area contributed by atoms with Crippen LogP contribution in [-0.2, 0) is 6.54 Å². The van der Waals surface area contributed by atoms with E-state index in [0.29, 0.717) is 12.1 Å². The second-order valence-electron chi connectivity index (χ2n) is 3.00. The van der Waals surface area contributed by atoms with Gasteiger partial charge >= 0.3 is 0 Å². The van der Waals surface area contributed by atoms with Crippen molar-refractivity contribution < 1.29 is 9.50 Å². The predicted molar refractivity (Wildman–Crippen MR) is 50.4 cm³/mol. The molecule has 0 aromatic heterocycles. The van der Waals surface area contributed by atoms with Gasteiger partial charge in [0.05, 0.1) is 0 Å². The molecule has 1 rings (SSSR count). The first-order valence-electron chi connectivity index (χ1n) is 4.26. The number of hydrogen-bond donors (Lipinski definition) is 2. The molecule has 0 aliphatic heterocycles. The van der Waals surface area contributed by atoms with Gasteiger partial charge in [-0.05, 0) is 14.0 Å². The predicted octanol–water partition coefficient (Wildman–Crippen LogP) is 2.14. The number of phenolic OH excluding ortho intramolecular Hbond substituents is 1. The molecular weight excluding hydrogens is 169 g/mol. The Morgan fingerprint density at radius 2 is 2.23 bits per heavy atom. The molecule has 0 spiro atoms. The highest BCUT2D eigenvalue weighted by Crippen LogP contribution is 2.29. The third-order valence-electron chi connectivity index (χ3n) is 1.95. The van der Waals surface area contributed by atoms with E-state index in [1.807, 2.05) is 0 Å². The summed E-state index contributed by atoms with van der Waals surface area (Å²) in [5.41, 5.74) is 1.08. The SMILES string of the molecule is CNCc1cccc(C(C)F)c1O. The summed E-state index contributed by atoms with van der Waals surface area (Å²) < 4.78 is 12.9. The number of benzene rings is 1. The number of hydrogen-bond acceptors (Lipinski definition) is 2. The molecule has 0 aliphatic carbocycles. The van der Waals surface area contributed by atoms with E-state index < -0.39 is 6.17 Å². The molecule has 72 valence electrons. The van der Waals surface area contributed by atoms with Crippen molar-refractivity contribution in [1.29, 1.82) is 0 Å². The van der Waals surface area contributed by atoms with Crippen LogP contribution >= 0.6 is 0 Å². The van der Waals surface area contributed by atoms with E-state index >= 15 is 0 Å². The largest absolute Gasteiger partial charge is 0.507 e. The number of phenols is 1. The van der Waals surface area contributed by atoms with Gasteiger partial charge in [-0.15, -0.1) is 0 Å². The lowest BCUT2D eigenvalue weighted by atomic mass is 10.1. The van der Waals surface area contributed by atoms with Crippen LogP contribution in [0.3, 0.4) is 0 Å². The highest BCUT2D eigenvalue weighted by Gasteiger charge is 2.11. The van der Waals surface area contributed by atoms with Gasteiger partial charge in [0, 0.05) is 17.7 Å². The van der Waals surface area contributed by atoms with Gasteiger partial charge in [-0.3, -0.25) is 0 Å². The van der Waals surface area contributed by atoms with Gasteiger partial charge in [0.1, 0.15) is 11.9 Å². The Morgan fingerprint density at radius 3 is 2.77 bits per heavy atom. The first kappa shape index (κ1) is 9.99. The molecule has 0 bridgehead atoms. The molecule has 1 aromatic carbocycles. The summed E-state index contributed by atoms with van der Waals surface area (Å²) >= 11 is 0. The summed E-state index contributed by atoms with van der Waals surface area (Å²) in [7, 11) is 1.78. The van der Waals surface area contributed by atoms with Crippen LogP contribution in [0, 0.1) is 0 Å². The van der Waals surface area contributed by atoms with Gasteiger partial charge in [0.15, 0.2) is 0 Å². The fraction of sp³-hybridized carbons (Fsp3) is 0.400. The molecule has 1 unspecified atom stereocenters. The Kier molecular flexibility index (Phi) is 3.25. The molecule has 0 fully saturated rings. The number of rotatable bonds is 3. The first-order valence-corrected chi connectivity index (χ1v) is 4.26. The molecule has 0 radical (unpaired) electrons. The van der Waals surface area contributed by atoms with Crippen LogP contribution in [0.1, 0.15) is 24.2 Å². The second kappa shape index (κ2) is 4.23. The van der Waals surface area contributed by atoms with Crippen molar-refractivity contribution in [2.75, 3.05) is 7.05 Å². The maximum atomic E-state index is 12.9. The van der Waals surface area contributed by atoms with Crippen LogP contribution in [0.5, 0.6) is 5.75 Å². The first-order chi connectivity index (χ1) is 6.16. The average Bonchev–Trinajstić information content (AvgIpc) is 2.08. The summed E-state index contributed by atoms with van der Waals surface area (Å²) in [4.78, 5) is 0. The molecule has 1 atom stereocenters. The third kappa shape index (κ3) is 2.18. The quantitative estimate of drug-likeness (QED) is 0.752. The Labute approximate surface area is 77.4 Å². The lowest BCUT2D eigenvalue weighted by Crippen LogP contribution is -2.05. The third-order valence-corrected chi connectivity index (χ3v) is 1.95. The summed E-state index contributed by atoms with van der Waals surface area (Å²) in [6.45, 7) is 1.96. The van der Waals surface area contributed by atoms with E-state index in [4.69, 9.17) is 0 Å². The number of halogens is 1. The highest BCUT2D eigenvalue weighted by atomic mass is 19.1. The van der Waals surface area contributed by atoms with Gasteiger partial charge in [0.2, 0.25) is 0 Å². The normalized spacial score (nSPS) is 12.8. The molecule has 2 N–H and O–H groups in total. The molecule has 13 heavy (non-hydrogen) atoms. The maximum absolute atomic E-state index is 12.9. The van der Waals surface area contributed by atoms with Gasteiger partial charge in [-0.1, -0.05) is 18.2 Å². The molecule has 0 aliphatic rings. The van der Waals surface area contributed by atoms with Crippen molar-refractivity contribution in [2.24, 2.45) is 0 Å². The molecule has 2 nitrogen and oxygen atoms in total. The molecule has 1 aromatic rings. The van der Waals surface area contributed by atoms with Crippen molar-refractivity contribution in [3.05, 3.63) is 29.3 Å². The Balaban J connectivity index is 3.03. The van der Waals surface area contributed by atoms with Crippen molar-refractivity contribution in [1.82, 2.24) is 5.32 Å². The zero-order valence-electron chi connectivity index (χ0n) is 7.84. The van der Waals surface area contributed by atoms with Crippen molar-refractivity contribution in [2.45, 2.75) is 19.6 Å². The summed E-state index contributed by atoms with van der Waals surface area (Å²) in [5, 5.41) is 12.5. The minimum atomic E-state index is -1.13. The molecule has 0 amide bonds. The van der Waals surface area contributed by atoms with Gasteiger partial charge < -0.3 is 10.4 Å². The number of aromatic hydroxyl groups is 1. The maximum Gasteiger partial charge on any atom is 0.126 e. The van der Waals surface area contributed by atoms with Gasteiger partial charge in [0.25, 0.3) is 0 Å². The number of para-hydroxylation sites is 1. The Morgan fingerprint density at radius 1 is 1.54 bits per heavy atom. The van der Waals surface area contributed by atoms with Crippen LogP contribution in [0.25, 0.3) is 0 Å². The van der Waals surface area contributed by atoms with Crippen LogP contribution in [0.15, 0.2) is 18.2 Å². The second-order valence-corrected chi connectivity index (χ2v) is 3.00. The number of nitrogens with one attached hydrogen (secondary N) is 1. The lowest BCUT2D eigenvalue weighted by Gasteiger charge is -2.09. The highest BCUT2D eigenvalue weighted by molar-refractivity contribution is 5.41. The van der Waals surface area contributed by atoms with E-state index in [1.54, 1.807) is 25.2 Å². The minimum Gasteiger partial charge on any atom is -0.507 e. The van der Waals surface area contributed by atoms with E-state index in [0.717, 1.165) is 5.56 Å². The smallest absolute Gasteiger partial charge is 0.126 e. The summed E-state index contributed by atoms with van der Waals surface area (Å²) in [6, 6.07) is 5.12. The number of alkyl halides is 1. The van der Waals surface area contributed by atoms with Crippen LogP contribution in [0.4, 0.5) is 4.39 Å². The zero-order valence-corrected chi connectivity index (χ0v) is 7.84. The molecule has 3 heteroatoms. The van der Waals surface area contributed by atoms with Crippen LogP contribution in [-0.4, -0.2) is 12.2 Å². The monoisotopic (exact) mass is 183 g/mol. The van der Waals surface area contributed by atoms with Gasteiger partial charge in [-0.2, -0.15) is 0 Å². The van der Waals surface area contributed by atoms with Crippen molar-refractivity contribution >= 4 is 0 Å². The van der Waals surface area contributed by atoms with Gasteiger partial charge in [-0.25, -0.2) is 4.39 Å². The van der Waals surface area contributed by atoms with E-state index in [9.17, 15) is 9.50 Å². The Bertz CT molecular complexity index is 286. The lowest BCUT2D eigenvalue weighted by molar-refractivity contribution is 0.354. The van der Waals surface area contributed by atoms with E-state index in [1.165, 1.54) is 6.92 Å². The van der Waals surface area contributed by atoms with E-state index in [2.05, 4.69) is 5.32 Å². The van der Waals surface area contributed by atoms with Crippen molar-refractivity contribution in [3.8, 4) is 5.75 Å². The van der Waals surface area contributed by atoms with Crippen LogP contribution < -0.4 is 5.32 Å². The average molecular weight is 183 g/mol. The molecule has 0 saturated heterocycles. The standard InChI is InChI=1S/C10H14FNO/c1-7(11)9-5-3-4-8(6-12-2)10(9)13/h3-5,7,12-13H,6H2,1-2H3. The molecule has 0 heterocycles. The molecular formula is C10H14FNO. The van der Waals surface area contributed by atoms with Crippen LogP contribution in [0.2, 0.25) is 0 Å². The van der Waals surface area contributed by atoms with E-state index in [-0.39, 0.29) is 5.75 Å².